The molecule has 1 aromatic carbocycles. The Kier molecular flexibility index (Phi) is 4.35. The molecule has 0 spiro atoms. The molecule has 142 valence electrons. The smallest absolute Gasteiger partial charge is 0.223 e. The molecule has 0 amide bonds. The van der Waals surface area contributed by atoms with Crippen molar-refractivity contribution in [1.29, 1.82) is 0 Å². The predicted octanol–water partition coefficient (Wildman–Crippen LogP) is 4.79. The van der Waals surface area contributed by atoms with Gasteiger partial charge in [-0.05, 0) is 76.3 Å². The van der Waals surface area contributed by atoms with Crippen molar-refractivity contribution in [2.24, 2.45) is 0 Å². The van der Waals surface area contributed by atoms with Crippen LogP contribution in [-0.4, -0.2) is 32.2 Å². The topological polar surface area (TPSA) is 70.1 Å². The number of piperidine rings is 1. The maximum absolute atomic E-state index is 9.69. The lowest BCUT2D eigenvalue weighted by Crippen LogP contribution is -2.60. The lowest BCUT2D eigenvalue weighted by Gasteiger charge is -2.46. The van der Waals surface area contributed by atoms with Crippen LogP contribution in [-0.2, 0) is 0 Å². The van der Waals surface area contributed by atoms with Crippen LogP contribution in [0.5, 0.6) is 5.75 Å². The number of aromatic hydroxyl groups is 1. The second kappa shape index (κ2) is 6.46. The third kappa shape index (κ3) is 4.06. The fraction of sp³-hybridized carbons (Fsp3) is 0.429. The van der Waals surface area contributed by atoms with Crippen molar-refractivity contribution >= 4 is 27.4 Å². The zero-order valence-corrected chi connectivity index (χ0v) is 17.0. The van der Waals surface area contributed by atoms with E-state index in [0.29, 0.717) is 12.0 Å². The van der Waals surface area contributed by atoms with Crippen LogP contribution in [0.2, 0.25) is 0 Å². The van der Waals surface area contributed by atoms with E-state index >= 15 is 0 Å². The first-order valence-electron chi connectivity index (χ1n) is 9.31. The van der Waals surface area contributed by atoms with E-state index < -0.39 is 0 Å². The molecule has 2 aromatic heterocycles. The molecule has 1 fully saturated rings. The van der Waals surface area contributed by atoms with E-state index in [9.17, 15) is 5.11 Å². The minimum absolute atomic E-state index is 0.0739. The first-order chi connectivity index (χ1) is 12.7. The third-order valence-electron chi connectivity index (χ3n) is 4.94. The van der Waals surface area contributed by atoms with Gasteiger partial charge in [-0.2, -0.15) is 0 Å². The highest BCUT2D eigenvalue weighted by atomic mass is 32.1. The molecule has 1 aliphatic heterocycles. The molecule has 0 bridgehead atoms. The molecular weight excluding hydrogens is 356 g/mol. The van der Waals surface area contributed by atoms with Crippen molar-refractivity contribution in [1.82, 2.24) is 15.3 Å². The largest absolute Gasteiger partial charge is 0.508 e. The Balaban J connectivity index is 1.58. The molecule has 3 N–H and O–H groups in total. The van der Waals surface area contributed by atoms with Crippen molar-refractivity contribution in [3.05, 3.63) is 36.5 Å². The summed E-state index contributed by atoms with van der Waals surface area (Å²) in [4.78, 5) is 10.3. The van der Waals surface area contributed by atoms with Crippen molar-refractivity contribution in [2.75, 3.05) is 5.32 Å². The average Bonchev–Trinajstić information content (AvgIpc) is 2.95. The monoisotopic (exact) mass is 382 g/mol. The second-order valence-electron chi connectivity index (χ2n) is 8.74. The van der Waals surface area contributed by atoms with Gasteiger partial charge < -0.3 is 15.7 Å². The van der Waals surface area contributed by atoms with Crippen LogP contribution in [0.3, 0.4) is 0 Å². The number of hydrogen-bond acceptors (Lipinski definition) is 6. The summed E-state index contributed by atoms with van der Waals surface area (Å²) >= 11 is 1.63. The van der Waals surface area contributed by atoms with Gasteiger partial charge in [0, 0.05) is 28.0 Å². The van der Waals surface area contributed by atoms with Gasteiger partial charge in [-0.3, -0.25) is 0 Å². The van der Waals surface area contributed by atoms with Crippen LogP contribution in [0, 0.1) is 0 Å². The first-order valence-corrected chi connectivity index (χ1v) is 10.1. The Morgan fingerprint density at radius 2 is 1.85 bits per heavy atom. The van der Waals surface area contributed by atoms with Gasteiger partial charge in [0.2, 0.25) is 5.95 Å². The molecule has 3 aromatic rings. The zero-order valence-electron chi connectivity index (χ0n) is 16.2. The molecule has 0 atom stereocenters. The summed E-state index contributed by atoms with van der Waals surface area (Å²) in [7, 11) is 0. The minimum atomic E-state index is 0.0739. The molecule has 0 unspecified atom stereocenters. The van der Waals surface area contributed by atoms with Gasteiger partial charge in [-0.25, -0.2) is 9.97 Å². The van der Waals surface area contributed by atoms with Crippen molar-refractivity contribution in [3.63, 3.8) is 0 Å². The summed E-state index contributed by atoms with van der Waals surface area (Å²) in [5.41, 5.74) is 1.05. The third-order valence-corrected chi connectivity index (χ3v) is 6.06. The molecule has 0 aliphatic carbocycles. The molecule has 1 aliphatic rings. The summed E-state index contributed by atoms with van der Waals surface area (Å²) in [6.07, 6.45) is 3.85. The van der Waals surface area contributed by atoms with Gasteiger partial charge in [0.25, 0.3) is 0 Å². The summed E-state index contributed by atoms with van der Waals surface area (Å²) in [6.45, 7) is 8.97. The van der Waals surface area contributed by atoms with Crippen LogP contribution >= 0.6 is 11.3 Å². The van der Waals surface area contributed by atoms with Crippen LogP contribution in [0.25, 0.3) is 20.7 Å². The molecule has 4 rings (SSSR count). The number of aromatic nitrogens is 2. The number of benzene rings is 1. The summed E-state index contributed by atoms with van der Waals surface area (Å²) in [6, 6.07) is 9.82. The predicted molar refractivity (Wildman–Crippen MR) is 112 cm³/mol. The number of thiophene rings is 1. The van der Waals surface area contributed by atoms with Gasteiger partial charge >= 0.3 is 0 Å². The van der Waals surface area contributed by atoms with E-state index in [1.165, 1.54) is 0 Å². The van der Waals surface area contributed by atoms with Crippen LogP contribution in [0.15, 0.2) is 36.5 Å². The fourth-order valence-electron chi connectivity index (χ4n) is 4.32. The number of nitrogens with one attached hydrogen (secondary N) is 2. The van der Waals surface area contributed by atoms with E-state index in [4.69, 9.17) is 4.98 Å². The van der Waals surface area contributed by atoms with E-state index in [1.807, 2.05) is 18.3 Å². The number of rotatable bonds is 3. The number of nitrogens with zero attached hydrogens (tertiary/aromatic N) is 2. The highest BCUT2D eigenvalue weighted by Gasteiger charge is 2.37. The van der Waals surface area contributed by atoms with E-state index in [0.717, 1.165) is 33.5 Å². The van der Waals surface area contributed by atoms with Gasteiger partial charge in [0.1, 0.15) is 5.75 Å². The lowest BCUT2D eigenvalue weighted by atomic mass is 9.80. The first kappa shape index (κ1) is 18.2. The molecule has 3 heterocycles. The number of phenolic OH excluding ortho intramolecular Hbond substituents is 1. The number of phenols is 1. The summed E-state index contributed by atoms with van der Waals surface area (Å²) in [5, 5.41) is 18.1. The molecule has 0 radical (unpaired) electrons. The molecule has 1 saturated heterocycles. The molecule has 5 nitrogen and oxygen atoms in total. The summed E-state index contributed by atoms with van der Waals surface area (Å²) in [5.74, 6) is 0.961. The number of hydrogen-bond donors (Lipinski definition) is 3. The maximum Gasteiger partial charge on any atom is 0.223 e. The van der Waals surface area contributed by atoms with Gasteiger partial charge in [-0.1, -0.05) is 0 Å². The Hall–Kier alpha value is -2.18. The Labute approximate surface area is 163 Å². The normalized spacial score (nSPS) is 19.3. The van der Waals surface area contributed by atoms with Gasteiger partial charge in [0.15, 0.2) is 0 Å². The SMILES string of the molecule is CC1(C)CC(Nc2nccc(-c3cc4ccc(O)cc4s3)n2)CC(C)(C)N1. The van der Waals surface area contributed by atoms with E-state index in [1.54, 1.807) is 23.5 Å². The van der Waals surface area contributed by atoms with Crippen LogP contribution < -0.4 is 10.6 Å². The maximum atomic E-state index is 9.69. The number of anilines is 1. The summed E-state index contributed by atoms with van der Waals surface area (Å²) < 4.78 is 1.06. The molecule has 0 saturated carbocycles. The van der Waals surface area contributed by atoms with Crippen molar-refractivity contribution in [2.45, 2.75) is 57.7 Å². The molecule has 27 heavy (non-hydrogen) atoms. The molecule has 6 heteroatoms. The highest BCUT2D eigenvalue weighted by Crippen LogP contribution is 2.35. The van der Waals surface area contributed by atoms with Crippen LogP contribution in [0.4, 0.5) is 5.95 Å². The Morgan fingerprint density at radius 1 is 1.11 bits per heavy atom. The highest BCUT2D eigenvalue weighted by molar-refractivity contribution is 7.22. The van der Waals surface area contributed by atoms with E-state index in [-0.39, 0.29) is 16.8 Å². The molecular formula is C21H26N4OS. The van der Waals surface area contributed by atoms with Gasteiger partial charge in [-0.15, -0.1) is 11.3 Å². The Morgan fingerprint density at radius 3 is 2.59 bits per heavy atom. The van der Waals surface area contributed by atoms with Crippen molar-refractivity contribution in [3.8, 4) is 16.3 Å². The minimum Gasteiger partial charge on any atom is -0.508 e. The number of fused-ring (bicyclic) bond motifs is 1. The van der Waals surface area contributed by atoms with Crippen LogP contribution in [0.1, 0.15) is 40.5 Å². The fourth-order valence-corrected chi connectivity index (χ4v) is 5.38. The quantitative estimate of drug-likeness (QED) is 0.608. The average molecular weight is 383 g/mol. The van der Waals surface area contributed by atoms with Gasteiger partial charge in [0.05, 0.1) is 10.6 Å². The Bertz CT molecular complexity index is 963. The van der Waals surface area contributed by atoms with Crippen molar-refractivity contribution < 1.29 is 5.11 Å². The zero-order chi connectivity index (χ0) is 19.2. The van der Waals surface area contributed by atoms with E-state index in [2.05, 4.69) is 49.4 Å². The lowest BCUT2D eigenvalue weighted by molar-refractivity contribution is 0.170. The second-order valence-corrected chi connectivity index (χ2v) is 9.82. The standard InChI is InChI=1S/C21H26N4OS/c1-20(2)11-14(12-21(3,4)25-20)23-19-22-8-7-16(24-19)18-9-13-5-6-15(26)10-17(13)27-18/h5-10,14,25-26H,11-12H2,1-4H3,(H,22,23,24).